The molecular weight excluding hydrogens is 250 g/mol. The number of benzene rings is 2. The Hall–Kier alpha value is -2.13. The van der Waals surface area contributed by atoms with Crippen molar-refractivity contribution in [3.05, 3.63) is 70.8 Å². The second kappa shape index (κ2) is 6.35. The Kier molecular flexibility index (Phi) is 4.53. The van der Waals surface area contributed by atoms with E-state index in [1.165, 1.54) is 11.1 Å². The van der Waals surface area contributed by atoms with Crippen LogP contribution in [0.15, 0.2) is 48.5 Å². The van der Waals surface area contributed by atoms with E-state index in [0.717, 1.165) is 17.5 Å². The van der Waals surface area contributed by atoms with E-state index in [1.54, 1.807) is 0 Å². The molecule has 0 radical (unpaired) electrons. The monoisotopic (exact) mass is 269 g/mol. The molecule has 3 heteroatoms. The first-order chi connectivity index (χ1) is 9.56. The maximum Gasteiger partial charge on any atom is 0.305 e. The number of hydrogen-bond acceptors (Lipinski definition) is 2. The van der Waals surface area contributed by atoms with E-state index in [4.69, 9.17) is 10.8 Å². The van der Waals surface area contributed by atoms with Crippen LogP contribution < -0.4 is 5.73 Å². The van der Waals surface area contributed by atoms with Crippen LogP contribution in [0.2, 0.25) is 0 Å². The van der Waals surface area contributed by atoms with Gasteiger partial charge < -0.3 is 10.8 Å². The highest BCUT2D eigenvalue weighted by Gasteiger charge is 2.11. The van der Waals surface area contributed by atoms with Gasteiger partial charge in [-0.2, -0.15) is 0 Å². The van der Waals surface area contributed by atoms with E-state index >= 15 is 0 Å². The third kappa shape index (κ3) is 3.68. The van der Waals surface area contributed by atoms with Crippen molar-refractivity contribution in [3.8, 4) is 0 Å². The Morgan fingerprint density at radius 3 is 2.65 bits per heavy atom. The molecule has 2 aromatic rings. The molecule has 104 valence electrons. The van der Waals surface area contributed by atoms with E-state index in [0.29, 0.717) is 0 Å². The van der Waals surface area contributed by atoms with Crippen molar-refractivity contribution >= 4 is 5.97 Å². The van der Waals surface area contributed by atoms with Gasteiger partial charge >= 0.3 is 5.97 Å². The number of aliphatic carboxylic acids is 1. The molecule has 0 unspecified atom stereocenters. The first-order valence-corrected chi connectivity index (χ1v) is 6.67. The third-order valence-electron chi connectivity index (χ3n) is 3.43. The molecule has 3 nitrogen and oxygen atoms in total. The van der Waals surface area contributed by atoms with Crippen LogP contribution in [-0.2, 0) is 11.2 Å². The van der Waals surface area contributed by atoms with Crippen LogP contribution in [-0.4, -0.2) is 11.1 Å². The fourth-order valence-corrected chi connectivity index (χ4v) is 2.27. The minimum absolute atomic E-state index is 0.0478. The van der Waals surface area contributed by atoms with Gasteiger partial charge in [0.2, 0.25) is 0 Å². The summed E-state index contributed by atoms with van der Waals surface area (Å²) >= 11 is 0. The number of rotatable bonds is 5. The van der Waals surface area contributed by atoms with E-state index in [9.17, 15) is 4.79 Å². The minimum Gasteiger partial charge on any atom is -0.481 e. The molecule has 0 aliphatic carbocycles. The number of carboxylic acid groups (broad SMARTS) is 1. The molecule has 0 aromatic heterocycles. The SMILES string of the molecule is Cc1ccccc1Cc1cccc([C@@H](N)CC(=O)O)c1. The second-order valence-corrected chi connectivity index (χ2v) is 5.05. The Morgan fingerprint density at radius 2 is 1.95 bits per heavy atom. The van der Waals surface area contributed by atoms with Crippen molar-refractivity contribution in [2.75, 3.05) is 0 Å². The molecule has 0 amide bonds. The van der Waals surface area contributed by atoms with Crippen molar-refractivity contribution in [3.63, 3.8) is 0 Å². The molecule has 2 rings (SSSR count). The van der Waals surface area contributed by atoms with Gasteiger partial charge in [-0.3, -0.25) is 4.79 Å². The van der Waals surface area contributed by atoms with Gasteiger partial charge in [-0.25, -0.2) is 0 Å². The molecule has 1 atom stereocenters. The summed E-state index contributed by atoms with van der Waals surface area (Å²) in [5.41, 5.74) is 10.5. The van der Waals surface area contributed by atoms with E-state index in [1.807, 2.05) is 36.4 Å². The molecule has 3 N–H and O–H groups in total. The summed E-state index contributed by atoms with van der Waals surface area (Å²) in [6.07, 6.45) is 0.786. The number of carbonyl (C=O) groups is 1. The molecule has 2 aromatic carbocycles. The summed E-state index contributed by atoms with van der Waals surface area (Å²) in [5.74, 6) is -0.873. The summed E-state index contributed by atoms with van der Waals surface area (Å²) in [5, 5.41) is 8.81. The molecule has 0 aliphatic heterocycles. The van der Waals surface area contributed by atoms with Gasteiger partial charge in [0.05, 0.1) is 6.42 Å². The summed E-state index contributed by atoms with van der Waals surface area (Å²) < 4.78 is 0. The van der Waals surface area contributed by atoms with Crippen molar-refractivity contribution in [1.82, 2.24) is 0 Å². The lowest BCUT2D eigenvalue weighted by Crippen LogP contribution is -2.15. The normalized spacial score (nSPS) is 12.1. The predicted molar refractivity (Wildman–Crippen MR) is 79.6 cm³/mol. The first-order valence-electron chi connectivity index (χ1n) is 6.67. The highest BCUT2D eigenvalue weighted by Crippen LogP contribution is 2.19. The van der Waals surface area contributed by atoms with Gasteiger partial charge in [0.15, 0.2) is 0 Å². The zero-order valence-corrected chi connectivity index (χ0v) is 11.5. The largest absolute Gasteiger partial charge is 0.481 e. The second-order valence-electron chi connectivity index (χ2n) is 5.05. The topological polar surface area (TPSA) is 63.3 Å². The molecule has 0 spiro atoms. The fourth-order valence-electron chi connectivity index (χ4n) is 2.27. The zero-order chi connectivity index (χ0) is 14.5. The zero-order valence-electron chi connectivity index (χ0n) is 11.5. The van der Waals surface area contributed by atoms with Gasteiger partial charge in [0, 0.05) is 6.04 Å². The van der Waals surface area contributed by atoms with Gasteiger partial charge in [-0.15, -0.1) is 0 Å². The van der Waals surface area contributed by atoms with E-state index < -0.39 is 12.0 Å². The average molecular weight is 269 g/mol. The van der Waals surface area contributed by atoms with Crippen molar-refractivity contribution in [1.29, 1.82) is 0 Å². The Bertz CT molecular complexity index is 607. The summed E-state index contributed by atoms with van der Waals surface area (Å²) in [4.78, 5) is 10.7. The maximum atomic E-state index is 10.7. The minimum atomic E-state index is -0.873. The van der Waals surface area contributed by atoms with Crippen LogP contribution in [0.4, 0.5) is 0 Å². The Labute approximate surface area is 119 Å². The smallest absolute Gasteiger partial charge is 0.305 e. The first kappa shape index (κ1) is 14.3. The number of carboxylic acids is 1. The van der Waals surface area contributed by atoms with Crippen molar-refractivity contribution in [2.45, 2.75) is 25.8 Å². The van der Waals surface area contributed by atoms with Crippen molar-refractivity contribution in [2.24, 2.45) is 5.73 Å². The predicted octanol–water partition coefficient (Wildman–Crippen LogP) is 3.06. The van der Waals surface area contributed by atoms with Gasteiger partial charge in [-0.05, 0) is 35.6 Å². The Balaban J connectivity index is 2.18. The van der Waals surface area contributed by atoms with Crippen LogP contribution in [0.25, 0.3) is 0 Å². The summed E-state index contributed by atoms with van der Waals surface area (Å²) in [6, 6.07) is 15.7. The highest BCUT2D eigenvalue weighted by molar-refractivity contribution is 5.67. The van der Waals surface area contributed by atoms with Crippen LogP contribution in [0.3, 0.4) is 0 Å². The highest BCUT2D eigenvalue weighted by atomic mass is 16.4. The molecular formula is C17H19NO2. The summed E-state index contributed by atoms with van der Waals surface area (Å²) in [6.45, 7) is 2.09. The number of aryl methyl sites for hydroxylation is 1. The third-order valence-corrected chi connectivity index (χ3v) is 3.43. The van der Waals surface area contributed by atoms with Crippen LogP contribution in [0.1, 0.15) is 34.7 Å². The lowest BCUT2D eigenvalue weighted by Gasteiger charge is -2.12. The van der Waals surface area contributed by atoms with Crippen LogP contribution >= 0.6 is 0 Å². The van der Waals surface area contributed by atoms with Crippen LogP contribution in [0.5, 0.6) is 0 Å². The lowest BCUT2D eigenvalue weighted by atomic mass is 9.97. The van der Waals surface area contributed by atoms with Gasteiger partial charge in [-0.1, -0.05) is 48.5 Å². The molecule has 0 saturated carbocycles. The van der Waals surface area contributed by atoms with Gasteiger partial charge in [0.25, 0.3) is 0 Å². The molecule has 20 heavy (non-hydrogen) atoms. The van der Waals surface area contributed by atoms with E-state index in [-0.39, 0.29) is 6.42 Å². The van der Waals surface area contributed by atoms with Crippen LogP contribution in [0, 0.1) is 6.92 Å². The average Bonchev–Trinajstić information content (AvgIpc) is 2.41. The molecule has 0 fully saturated rings. The molecule has 0 saturated heterocycles. The fraction of sp³-hybridized carbons (Fsp3) is 0.235. The Morgan fingerprint density at radius 1 is 1.20 bits per heavy atom. The lowest BCUT2D eigenvalue weighted by molar-refractivity contribution is -0.137. The molecule has 0 heterocycles. The number of hydrogen-bond donors (Lipinski definition) is 2. The maximum absolute atomic E-state index is 10.7. The number of nitrogens with two attached hydrogens (primary N) is 1. The standard InChI is InChI=1S/C17H19NO2/c1-12-5-2-3-7-14(12)9-13-6-4-8-15(10-13)16(18)11-17(19)20/h2-8,10,16H,9,11,18H2,1H3,(H,19,20)/t16-/m0/s1. The van der Waals surface area contributed by atoms with Crippen molar-refractivity contribution < 1.29 is 9.90 Å². The molecule has 0 aliphatic rings. The van der Waals surface area contributed by atoms with Gasteiger partial charge in [0.1, 0.15) is 0 Å². The van der Waals surface area contributed by atoms with E-state index in [2.05, 4.69) is 19.1 Å². The summed E-state index contributed by atoms with van der Waals surface area (Å²) in [7, 11) is 0. The molecule has 0 bridgehead atoms. The quantitative estimate of drug-likeness (QED) is 0.876.